The molecule has 0 aromatic carbocycles. The molecule has 44 valence electrons. The number of nitrogens with two attached hydrogens (primary N) is 1. The number of hydrogen-bond donors (Lipinski definition) is 1. The van der Waals surface area contributed by atoms with Crippen LogP contribution in [0.3, 0.4) is 0 Å². The first kappa shape index (κ1) is 6.92. The third-order valence-electron chi connectivity index (χ3n) is 1.22. The molecular weight excluding hydrogens is 88.1 g/mol. The minimum atomic E-state index is 0.514. The van der Waals surface area contributed by atoms with Crippen LogP contribution in [0, 0.1) is 0 Å². The summed E-state index contributed by atoms with van der Waals surface area (Å²) in [5.74, 6) is 0. The average Bonchev–Trinajstić information content (AvgIpc) is 1.65. The SMILES string of the molecule is C[C@H](CN)N(C)C. The van der Waals surface area contributed by atoms with Gasteiger partial charge in [-0.2, -0.15) is 0 Å². The van der Waals surface area contributed by atoms with Crippen LogP contribution in [-0.4, -0.2) is 31.6 Å². The highest BCUT2D eigenvalue weighted by atomic mass is 15.1. The second kappa shape index (κ2) is 2.99. The molecule has 7 heavy (non-hydrogen) atoms. The van der Waals surface area contributed by atoms with Gasteiger partial charge in [0.15, 0.2) is 0 Å². The summed E-state index contributed by atoms with van der Waals surface area (Å²) in [4.78, 5) is 2.10. The molecule has 0 aromatic heterocycles. The van der Waals surface area contributed by atoms with Crippen LogP contribution in [0.2, 0.25) is 0 Å². The summed E-state index contributed by atoms with van der Waals surface area (Å²) in [5.41, 5.74) is 5.33. The lowest BCUT2D eigenvalue weighted by Gasteiger charge is -2.16. The first-order valence-corrected chi connectivity index (χ1v) is 2.55. The number of hydrogen-bond acceptors (Lipinski definition) is 2. The minimum Gasteiger partial charge on any atom is -0.329 e. The highest BCUT2D eigenvalue weighted by Crippen LogP contribution is 1.84. The Balaban J connectivity index is 3.14. The van der Waals surface area contributed by atoms with Crippen molar-refractivity contribution in [3.05, 3.63) is 0 Å². The third-order valence-corrected chi connectivity index (χ3v) is 1.22. The van der Waals surface area contributed by atoms with E-state index in [0.29, 0.717) is 6.04 Å². The predicted octanol–water partition coefficient (Wildman–Crippen LogP) is -0.105. The molecule has 0 aliphatic rings. The molecular formula is C5H14N2. The molecule has 2 heteroatoms. The average molecular weight is 102 g/mol. The summed E-state index contributed by atoms with van der Waals surface area (Å²) < 4.78 is 0. The molecule has 0 fully saturated rings. The molecule has 0 rings (SSSR count). The maximum absolute atomic E-state index is 5.33. The largest absolute Gasteiger partial charge is 0.329 e. The number of likely N-dealkylation sites (N-methyl/N-ethyl adjacent to an activating group) is 1. The molecule has 0 aliphatic carbocycles. The zero-order valence-electron chi connectivity index (χ0n) is 5.31. The highest BCUT2D eigenvalue weighted by Gasteiger charge is 1.97. The Morgan fingerprint density at radius 2 is 2.00 bits per heavy atom. The third kappa shape index (κ3) is 2.60. The van der Waals surface area contributed by atoms with Crippen molar-refractivity contribution in [3.8, 4) is 0 Å². The first-order valence-electron chi connectivity index (χ1n) is 2.55. The molecule has 0 unspecified atom stereocenters. The molecule has 1 atom stereocenters. The summed E-state index contributed by atoms with van der Waals surface area (Å²) in [6.07, 6.45) is 0. The summed E-state index contributed by atoms with van der Waals surface area (Å²) in [7, 11) is 4.05. The van der Waals surface area contributed by atoms with Crippen LogP contribution < -0.4 is 5.73 Å². The Labute approximate surface area is 45.3 Å². The first-order chi connectivity index (χ1) is 3.18. The molecule has 0 heterocycles. The van der Waals surface area contributed by atoms with E-state index in [1.165, 1.54) is 0 Å². The van der Waals surface area contributed by atoms with E-state index >= 15 is 0 Å². The fraction of sp³-hybridized carbons (Fsp3) is 1.00. The predicted molar refractivity (Wildman–Crippen MR) is 32.2 cm³/mol. The Hall–Kier alpha value is -0.0800. The smallest absolute Gasteiger partial charge is 0.0184 e. The summed E-state index contributed by atoms with van der Waals surface area (Å²) in [5, 5.41) is 0. The van der Waals surface area contributed by atoms with Gasteiger partial charge >= 0.3 is 0 Å². The van der Waals surface area contributed by atoms with Crippen LogP contribution in [0.15, 0.2) is 0 Å². The molecule has 0 spiro atoms. The van der Waals surface area contributed by atoms with E-state index in [4.69, 9.17) is 5.73 Å². The lowest BCUT2D eigenvalue weighted by atomic mass is 10.3. The van der Waals surface area contributed by atoms with Crippen molar-refractivity contribution in [3.63, 3.8) is 0 Å². The fourth-order valence-electron chi connectivity index (χ4n) is 0.211. The Bertz CT molecular complexity index is 43.3. The zero-order valence-corrected chi connectivity index (χ0v) is 5.31. The summed E-state index contributed by atoms with van der Waals surface area (Å²) in [6.45, 7) is 2.84. The molecule has 0 bridgehead atoms. The van der Waals surface area contributed by atoms with Crippen molar-refractivity contribution < 1.29 is 0 Å². The maximum Gasteiger partial charge on any atom is 0.0184 e. The minimum absolute atomic E-state index is 0.514. The number of rotatable bonds is 2. The van der Waals surface area contributed by atoms with Crippen LogP contribution in [0.1, 0.15) is 6.92 Å². The van der Waals surface area contributed by atoms with Gasteiger partial charge in [-0.25, -0.2) is 0 Å². The highest BCUT2D eigenvalue weighted by molar-refractivity contribution is 4.57. The lowest BCUT2D eigenvalue weighted by molar-refractivity contribution is 0.320. The zero-order chi connectivity index (χ0) is 5.86. The van der Waals surface area contributed by atoms with Crippen molar-refractivity contribution >= 4 is 0 Å². The number of nitrogens with zero attached hydrogens (tertiary/aromatic N) is 1. The van der Waals surface area contributed by atoms with Crippen molar-refractivity contribution in [1.29, 1.82) is 0 Å². The van der Waals surface area contributed by atoms with Crippen LogP contribution in [-0.2, 0) is 0 Å². The quantitative estimate of drug-likeness (QED) is 0.527. The van der Waals surface area contributed by atoms with Crippen molar-refractivity contribution in [2.75, 3.05) is 20.6 Å². The summed E-state index contributed by atoms with van der Waals surface area (Å²) in [6, 6.07) is 0.514. The second-order valence-electron chi connectivity index (χ2n) is 2.05. The van der Waals surface area contributed by atoms with Gasteiger partial charge in [0.05, 0.1) is 0 Å². The van der Waals surface area contributed by atoms with Crippen molar-refractivity contribution in [1.82, 2.24) is 4.90 Å². The molecule has 0 amide bonds. The molecule has 0 radical (unpaired) electrons. The second-order valence-corrected chi connectivity index (χ2v) is 2.05. The van der Waals surface area contributed by atoms with Gasteiger partial charge in [0.2, 0.25) is 0 Å². The van der Waals surface area contributed by atoms with Gasteiger partial charge in [0.1, 0.15) is 0 Å². The molecule has 0 saturated carbocycles. The van der Waals surface area contributed by atoms with E-state index in [0.717, 1.165) is 6.54 Å². The van der Waals surface area contributed by atoms with E-state index in [1.807, 2.05) is 14.1 Å². The normalized spacial score (nSPS) is 15.0. The van der Waals surface area contributed by atoms with Gasteiger partial charge in [-0.15, -0.1) is 0 Å². The van der Waals surface area contributed by atoms with E-state index in [-0.39, 0.29) is 0 Å². The Morgan fingerprint density at radius 1 is 1.57 bits per heavy atom. The molecule has 2 N–H and O–H groups in total. The van der Waals surface area contributed by atoms with E-state index < -0.39 is 0 Å². The monoisotopic (exact) mass is 102 g/mol. The van der Waals surface area contributed by atoms with E-state index in [9.17, 15) is 0 Å². The molecule has 0 aliphatic heterocycles. The topological polar surface area (TPSA) is 29.3 Å². The van der Waals surface area contributed by atoms with Gasteiger partial charge < -0.3 is 10.6 Å². The van der Waals surface area contributed by atoms with Crippen molar-refractivity contribution in [2.24, 2.45) is 5.73 Å². The lowest BCUT2D eigenvalue weighted by Crippen LogP contribution is -2.31. The van der Waals surface area contributed by atoms with Gasteiger partial charge in [-0.1, -0.05) is 0 Å². The van der Waals surface area contributed by atoms with Gasteiger partial charge in [-0.3, -0.25) is 0 Å². The van der Waals surface area contributed by atoms with Crippen LogP contribution >= 0.6 is 0 Å². The Morgan fingerprint density at radius 3 is 2.00 bits per heavy atom. The standard InChI is InChI=1S/C5H14N2/c1-5(4-6)7(2)3/h5H,4,6H2,1-3H3/t5-/m1/s1. The van der Waals surface area contributed by atoms with Gasteiger partial charge in [0, 0.05) is 12.6 Å². The van der Waals surface area contributed by atoms with Gasteiger partial charge in [-0.05, 0) is 21.0 Å². The van der Waals surface area contributed by atoms with Crippen LogP contribution in [0.25, 0.3) is 0 Å². The fourth-order valence-corrected chi connectivity index (χ4v) is 0.211. The van der Waals surface area contributed by atoms with Crippen LogP contribution in [0.4, 0.5) is 0 Å². The molecule has 0 aromatic rings. The van der Waals surface area contributed by atoms with Crippen molar-refractivity contribution in [2.45, 2.75) is 13.0 Å². The van der Waals surface area contributed by atoms with E-state index in [1.54, 1.807) is 0 Å². The van der Waals surface area contributed by atoms with E-state index in [2.05, 4.69) is 11.8 Å². The Kier molecular flexibility index (Phi) is 2.96. The molecule has 2 nitrogen and oxygen atoms in total. The maximum atomic E-state index is 5.33. The van der Waals surface area contributed by atoms with Crippen LogP contribution in [0.5, 0.6) is 0 Å². The van der Waals surface area contributed by atoms with Gasteiger partial charge in [0.25, 0.3) is 0 Å². The summed E-state index contributed by atoms with van der Waals surface area (Å²) >= 11 is 0. The molecule has 0 saturated heterocycles.